The van der Waals surface area contributed by atoms with Crippen molar-refractivity contribution in [2.75, 3.05) is 12.0 Å². The van der Waals surface area contributed by atoms with E-state index in [1.54, 1.807) is 0 Å². The van der Waals surface area contributed by atoms with Gasteiger partial charge in [-0.1, -0.05) is 30.3 Å². The number of phosphoric acid groups is 1. The van der Waals surface area contributed by atoms with Crippen LogP contribution in [-0.2, 0) is 46.1 Å². The molecular formula is C28H31N4O10P. The number of para-hydroxylation sites is 1. The summed E-state index contributed by atoms with van der Waals surface area (Å²) in [7, 11) is -3.55. The first-order valence-electron chi connectivity index (χ1n) is 13.3. The summed E-state index contributed by atoms with van der Waals surface area (Å²) in [5.41, 5.74) is 7.95. The molecule has 2 aromatic rings. The first-order valence-corrected chi connectivity index (χ1v) is 14.8. The lowest BCUT2D eigenvalue weighted by molar-refractivity contribution is -0.145. The molecule has 2 heterocycles. The number of phosphoric ester groups is 1. The third-order valence-electron chi connectivity index (χ3n) is 7.04. The lowest BCUT2D eigenvalue weighted by Crippen LogP contribution is -2.56. The van der Waals surface area contributed by atoms with E-state index in [1.165, 1.54) is 41.3 Å². The molecule has 2 aliphatic heterocycles. The Morgan fingerprint density at radius 2 is 1.84 bits per heavy atom. The van der Waals surface area contributed by atoms with Gasteiger partial charge in [0.1, 0.15) is 23.9 Å². The molecule has 6 N–H and O–H groups in total. The van der Waals surface area contributed by atoms with E-state index in [0.29, 0.717) is 17.7 Å². The second-order valence-electron chi connectivity index (χ2n) is 10.0. The number of hydrogen-bond acceptors (Lipinski definition) is 8. The largest absolute Gasteiger partial charge is 0.524 e. The molecule has 43 heavy (non-hydrogen) atoms. The first kappa shape index (κ1) is 31.4. The molecular weight excluding hydrogens is 583 g/mol. The molecule has 0 saturated carbocycles. The predicted molar refractivity (Wildman–Crippen MR) is 152 cm³/mol. The van der Waals surface area contributed by atoms with Crippen molar-refractivity contribution >= 4 is 49.2 Å². The number of nitrogens with zero attached hydrogens (tertiary/aromatic N) is 1. The Morgan fingerprint density at radius 1 is 1.14 bits per heavy atom. The number of carbonyl (C=O) groups is 5. The summed E-state index contributed by atoms with van der Waals surface area (Å²) in [6.07, 6.45) is 3.35. The Hall–Kier alpha value is -4.52. The van der Waals surface area contributed by atoms with Gasteiger partial charge in [-0.05, 0) is 54.2 Å². The number of esters is 1. The molecule has 4 rings (SSSR count). The molecule has 0 unspecified atom stereocenters. The van der Waals surface area contributed by atoms with Crippen LogP contribution in [0.15, 0.2) is 48.5 Å². The van der Waals surface area contributed by atoms with Crippen molar-refractivity contribution in [1.29, 1.82) is 0 Å². The van der Waals surface area contributed by atoms with Crippen LogP contribution in [0.5, 0.6) is 5.75 Å². The fourth-order valence-corrected chi connectivity index (χ4v) is 5.49. The van der Waals surface area contributed by atoms with Crippen LogP contribution in [0, 0.1) is 0 Å². The molecule has 2 aromatic carbocycles. The Labute approximate surface area is 246 Å². The Kier molecular flexibility index (Phi) is 9.64. The van der Waals surface area contributed by atoms with E-state index in [1.807, 2.05) is 18.2 Å². The number of carbonyl (C=O) groups excluding carboxylic acids is 5. The molecule has 14 nitrogen and oxygen atoms in total. The zero-order chi connectivity index (χ0) is 31.3. The summed E-state index contributed by atoms with van der Waals surface area (Å²) in [5, 5.41) is 5.30. The highest BCUT2D eigenvalue weighted by molar-refractivity contribution is 7.46. The fraction of sp³-hybridized carbons (Fsp3) is 0.321. The van der Waals surface area contributed by atoms with E-state index < -0.39 is 55.5 Å². The zero-order valence-electron chi connectivity index (χ0n) is 23.1. The van der Waals surface area contributed by atoms with Crippen LogP contribution in [0.4, 0.5) is 5.69 Å². The molecule has 0 spiro atoms. The molecule has 228 valence electrons. The minimum absolute atomic E-state index is 0.0482. The van der Waals surface area contributed by atoms with Gasteiger partial charge in [-0.25, -0.2) is 9.36 Å². The van der Waals surface area contributed by atoms with Crippen molar-refractivity contribution in [3.63, 3.8) is 0 Å². The van der Waals surface area contributed by atoms with Crippen molar-refractivity contribution in [2.24, 2.45) is 5.73 Å². The highest BCUT2D eigenvalue weighted by Gasteiger charge is 2.44. The minimum Gasteiger partial charge on any atom is -0.467 e. The molecule has 0 aromatic heterocycles. The number of benzene rings is 2. The lowest BCUT2D eigenvalue weighted by atomic mass is 10.0. The molecule has 15 heteroatoms. The maximum atomic E-state index is 13.8. The van der Waals surface area contributed by atoms with Gasteiger partial charge in [0.05, 0.1) is 12.8 Å². The molecule has 3 atom stereocenters. The SMILES string of the molecule is COC(=O)[C@H](CCC(N)=O)NC(=O)[C@@H]1Cc2cccc3c2N1C(=O)[C@@H](NC(=O)/C=C/c1ccc(OP(=O)(O)O)cc1)CC3. The fourth-order valence-electron chi connectivity index (χ4n) is 5.09. The summed E-state index contributed by atoms with van der Waals surface area (Å²) in [6, 6.07) is 8.02. The van der Waals surface area contributed by atoms with Gasteiger partial charge >= 0.3 is 13.8 Å². The molecule has 0 aliphatic carbocycles. The second kappa shape index (κ2) is 13.2. The van der Waals surface area contributed by atoms with Crippen LogP contribution in [0.25, 0.3) is 6.08 Å². The summed E-state index contributed by atoms with van der Waals surface area (Å²) in [5.74, 6) is -3.13. The lowest BCUT2D eigenvalue weighted by Gasteiger charge is -2.28. The van der Waals surface area contributed by atoms with E-state index in [9.17, 15) is 28.5 Å². The van der Waals surface area contributed by atoms with Gasteiger partial charge in [-0.2, -0.15) is 0 Å². The number of amides is 4. The van der Waals surface area contributed by atoms with Gasteiger partial charge in [0.15, 0.2) is 0 Å². The Morgan fingerprint density at radius 3 is 2.49 bits per heavy atom. The number of rotatable bonds is 11. The second-order valence-corrected chi connectivity index (χ2v) is 11.2. The molecule has 4 amide bonds. The van der Waals surface area contributed by atoms with E-state index in [-0.39, 0.29) is 31.4 Å². The average molecular weight is 615 g/mol. The first-order chi connectivity index (χ1) is 20.4. The summed E-state index contributed by atoms with van der Waals surface area (Å²) in [4.78, 5) is 82.8. The van der Waals surface area contributed by atoms with Gasteiger partial charge in [0.25, 0.3) is 0 Å². The van der Waals surface area contributed by atoms with Crippen molar-refractivity contribution in [3.05, 3.63) is 65.2 Å². The topological polar surface area (TPSA) is 215 Å². The van der Waals surface area contributed by atoms with E-state index in [4.69, 9.17) is 20.3 Å². The number of anilines is 1. The number of methoxy groups -OCH3 is 1. The van der Waals surface area contributed by atoms with Crippen molar-refractivity contribution in [2.45, 2.75) is 50.2 Å². The monoisotopic (exact) mass is 614 g/mol. The molecule has 2 aliphatic rings. The van der Waals surface area contributed by atoms with Gasteiger partial charge in [-0.15, -0.1) is 0 Å². The van der Waals surface area contributed by atoms with Crippen molar-refractivity contribution < 1.29 is 47.6 Å². The number of aryl methyl sites for hydroxylation is 1. The quantitative estimate of drug-likeness (QED) is 0.134. The maximum absolute atomic E-state index is 13.8. The molecule has 0 bridgehead atoms. The van der Waals surface area contributed by atoms with E-state index in [2.05, 4.69) is 15.2 Å². The van der Waals surface area contributed by atoms with Crippen LogP contribution >= 0.6 is 7.82 Å². The summed E-state index contributed by atoms with van der Waals surface area (Å²) >= 11 is 0. The van der Waals surface area contributed by atoms with E-state index in [0.717, 1.165) is 18.2 Å². The van der Waals surface area contributed by atoms with Gasteiger partial charge < -0.3 is 25.6 Å². The number of nitrogens with one attached hydrogen (secondary N) is 2. The highest BCUT2D eigenvalue weighted by Crippen LogP contribution is 2.39. The number of primary amides is 1. The number of hydrogen-bond donors (Lipinski definition) is 5. The van der Waals surface area contributed by atoms with Crippen LogP contribution in [0.1, 0.15) is 36.0 Å². The van der Waals surface area contributed by atoms with Crippen molar-refractivity contribution in [3.8, 4) is 5.75 Å². The third kappa shape index (κ3) is 7.86. The highest BCUT2D eigenvalue weighted by atomic mass is 31.2. The maximum Gasteiger partial charge on any atom is 0.524 e. The van der Waals surface area contributed by atoms with Gasteiger partial charge in [0, 0.05) is 18.9 Å². The van der Waals surface area contributed by atoms with Crippen LogP contribution in [-0.4, -0.2) is 64.6 Å². The summed E-state index contributed by atoms with van der Waals surface area (Å²) in [6.45, 7) is 0. The summed E-state index contributed by atoms with van der Waals surface area (Å²) < 4.78 is 20.2. The van der Waals surface area contributed by atoms with Gasteiger partial charge in [0.2, 0.25) is 23.6 Å². The normalized spacial score (nSPS) is 18.4. The van der Waals surface area contributed by atoms with Gasteiger partial charge in [-0.3, -0.25) is 33.9 Å². The smallest absolute Gasteiger partial charge is 0.467 e. The van der Waals surface area contributed by atoms with Crippen LogP contribution in [0.2, 0.25) is 0 Å². The van der Waals surface area contributed by atoms with Crippen molar-refractivity contribution in [1.82, 2.24) is 10.6 Å². The molecule has 0 fully saturated rings. The number of ether oxygens (including phenoxy) is 1. The average Bonchev–Trinajstić information content (AvgIpc) is 3.29. The minimum atomic E-state index is -4.70. The molecule has 0 saturated heterocycles. The zero-order valence-corrected chi connectivity index (χ0v) is 24.0. The Bertz CT molecular complexity index is 1500. The molecule has 0 radical (unpaired) electrons. The standard InChI is InChI=1S/C28H31N4O10P/c1-41-28(37)21(12-13-23(29)33)31-26(35)22-15-18-4-2-3-17-8-11-20(27(36)32(22)25(17)18)30-24(34)14-7-16-5-9-19(10-6-16)42-43(38,39)40/h2-7,9-10,14,20-22H,8,11-13,15H2,1H3,(H2,29,33)(H,30,34)(H,31,35)(H2,38,39,40)/b14-7+/t20-,21-,22-/m0/s1. The van der Waals surface area contributed by atoms with Crippen LogP contribution < -0.4 is 25.8 Å². The number of nitrogens with two attached hydrogens (primary N) is 1. The predicted octanol–water partition coefficient (Wildman–Crippen LogP) is 0.484. The Balaban J connectivity index is 1.49. The third-order valence-corrected chi connectivity index (χ3v) is 7.49. The van der Waals surface area contributed by atoms with Crippen LogP contribution in [0.3, 0.4) is 0 Å². The van der Waals surface area contributed by atoms with E-state index >= 15 is 0 Å².